The lowest BCUT2D eigenvalue weighted by molar-refractivity contribution is 0.153. The van der Waals surface area contributed by atoms with Gasteiger partial charge in [0, 0.05) is 5.75 Å². The molecule has 0 aliphatic heterocycles. The van der Waals surface area contributed by atoms with Crippen LogP contribution in [0.4, 0.5) is 0 Å². The van der Waals surface area contributed by atoms with Crippen LogP contribution < -0.4 is 0 Å². The Labute approximate surface area is 173 Å². The molecule has 0 heterocycles. The Balaban J connectivity index is 1.73. The van der Waals surface area contributed by atoms with Crippen LogP contribution in [0.2, 0.25) is 0 Å². The standard InChI is InChI=1S/C23H44OS2/c1-2-3-4-5-6-7-8-9-10-11-12-13-14-18-21-26-23(25)24-22-19-16-15-17-20-22/h22H,2-21H2,1H3. The molecule has 1 saturated carbocycles. The third kappa shape index (κ3) is 15.3. The second-order valence-corrected chi connectivity index (χ2v) is 9.77. The fourth-order valence-electron chi connectivity index (χ4n) is 3.81. The number of thioether (sulfide) groups is 1. The smallest absolute Gasteiger partial charge is 0.220 e. The maximum absolute atomic E-state index is 5.90. The number of thiocarbonyl (C=S) groups is 1. The van der Waals surface area contributed by atoms with Crippen molar-refractivity contribution in [3.63, 3.8) is 0 Å². The van der Waals surface area contributed by atoms with Gasteiger partial charge in [-0.2, -0.15) is 0 Å². The fraction of sp³-hybridized carbons (Fsp3) is 0.957. The summed E-state index contributed by atoms with van der Waals surface area (Å²) >= 11 is 7.14. The summed E-state index contributed by atoms with van der Waals surface area (Å²) in [5.41, 5.74) is 0. The van der Waals surface area contributed by atoms with Gasteiger partial charge in [0.05, 0.1) is 0 Å². The molecular formula is C23H44OS2. The van der Waals surface area contributed by atoms with Crippen molar-refractivity contribution >= 4 is 28.4 Å². The molecule has 0 N–H and O–H groups in total. The van der Waals surface area contributed by atoms with E-state index >= 15 is 0 Å². The zero-order chi connectivity index (χ0) is 18.7. The van der Waals surface area contributed by atoms with Crippen molar-refractivity contribution < 1.29 is 4.74 Å². The zero-order valence-corrected chi connectivity index (χ0v) is 19.1. The lowest BCUT2D eigenvalue weighted by Crippen LogP contribution is -2.18. The quantitative estimate of drug-likeness (QED) is 0.189. The molecular weight excluding hydrogens is 356 g/mol. The number of rotatable bonds is 16. The number of ether oxygens (including phenoxy) is 1. The van der Waals surface area contributed by atoms with E-state index in [0.717, 1.165) is 10.1 Å². The van der Waals surface area contributed by atoms with Crippen LogP contribution in [-0.4, -0.2) is 16.2 Å². The lowest BCUT2D eigenvalue weighted by atomic mass is 9.98. The van der Waals surface area contributed by atoms with Gasteiger partial charge in [-0.1, -0.05) is 109 Å². The van der Waals surface area contributed by atoms with Crippen LogP contribution in [0.1, 0.15) is 129 Å². The molecule has 26 heavy (non-hydrogen) atoms. The van der Waals surface area contributed by atoms with Gasteiger partial charge in [-0.05, 0) is 44.3 Å². The van der Waals surface area contributed by atoms with Crippen molar-refractivity contribution in [2.45, 2.75) is 135 Å². The van der Waals surface area contributed by atoms with Crippen LogP contribution in [0.3, 0.4) is 0 Å². The van der Waals surface area contributed by atoms with E-state index in [2.05, 4.69) is 6.92 Å². The maximum atomic E-state index is 5.90. The SMILES string of the molecule is CCCCCCCCCCCCCCCCSC(=S)OC1CCCCC1. The van der Waals surface area contributed by atoms with Crippen molar-refractivity contribution in [1.29, 1.82) is 0 Å². The summed E-state index contributed by atoms with van der Waals surface area (Å²) in [4.78, 5) is 0. The van der Waals surface area contributed by atoms with Gasteiger partial charge < -0.3 is 4.74 Å². The Morgan fingerprint density at radius 1 is 0.731 bits per heavy atom. The normalized spacial score (nSPS) is 15.3. The van der Waals surface area contributed by atoms with E-state index in [1.54, 1.807) is 11.8 Å². The number of hydrogen-bond donors (Lipinski definition) is 0. The number of unbranched alkanes of at least 4 members (excludes halogenated alkanes) is 13. The molecule has 0 amide bonds. The highest BCUT2D eigenvalue weighted by atomic mass is 32.2. The van der Waals surface area contributed by atoms with Gasteiger partial charge in [0.1, 0.15) is 6.10 Å². The Bertz CT molecular complexity index is 313. The Morgan fingerprint density at radius 3 is 1.69 bits per heavy atom. The summed E-state index contributed by atoms with van der Waals surface area (Å²) in [6, 6.07) is 0. The third-order valence-corrected chi connectivity index (χ3v) is 6.81. The van der Waals surface area contributed by atoms with E-state index < -0.39 is 0 Å². The number of hydrogen-bond acceptors (Lipinski definition) is 3. The minimum Gasteiger partial charge on any atom is -0.475 e. The molecule has 1 fully saturated rings. The van der Waals surface area contributed by atoms with Crippen LogP contribution in [0.5, 0.6) is 0 Å². The molecule has 0 unspecified atom stereocenters. The van der Waals surface area contributed by atoms with Crippen LogP contribution >= 0.6 is 24.0 Å². The van der Waals surface area contributed by atoms with Gasteiger partial charge in [0.2, 0.25) is 4.38 Å². The monoisotopic (exact) mass is 400 g/mol. The first-order valence-electron chi connectivity index (χ1n) is 11.7. The van der Waals surface area contributed by atoms with E-state index in [9.17, 15) is 0 Å². The topological polar surface area (TPSA) is 9.23 Å². The van der Waals surface area contributed by atoms with Crippen molar-refractivity contribution in [3.05, 3.63) is 0 Å². The highest BCUT2D eigenvalue weighted by Crippen LogP contribution is 2.23. The lowest BCUT2D eigenvalue weighted by Gasteiger charge is -2.22. The van der Waals surface area contributed by atoms with E-state index in [1.807, 2.05) is 0 Å². The summed E-state index contributed by atoms with van der Waals surface area (Å²) in [7, 11) is 0. The maximum Gasteiger partial charge on any atom is 0.220 e. The molecule has 1 rings (SSSR count). The summed E-state index contributed by atoms with van der Waals surface area (Å²) in [6.45, 7) is 2.29. The van der Waals surface area contributed by atoms with E-state index in [-0.39, 0.29) is 0 Å². The molecule has 0 saturated heterocycles. The molecule has 0 aromatic heterocycles. The molecule has 3 heteroatoms. The molecule has 0 radical (unpaired) electrons. The molecule has 1 nitrogen and oxygen atoms in total. The molecule has 0 aromatic rings. The Hall–Kier alpha value is 0.240. The molecule has 0 atom stereocenters. The average molecular weight is 401 g/mol. The molecule has 154 valence electrons. The minimum atomic E-state index is 0.417. The minimum absolute atomic E-state index is 0.417. The fourth-order valence-corrected chi connectivity index (χ4v) is 4.91. The van der Waals surface area contributed by atoms with Gasteiger partial charge in [0.25, 0.3) is 0 Å². The first-order valence-corrected chi connectivity index (χ1v) is 13.1. The van der Waals surface area contributed by atoms with E-state index in [4.69, 9.17) is 17.0 Å². The highest BCUT2D eigenvalue weighted by molar-refractivity contribution is 8.22. The van der Waals surface area contributed by atoms with Crippen LogP contribution in [0, 0.1) is 0 Å². The van der Waals surface area contributed by atoms with Crippen LogP contribution in [-0.2, 0) is 4.74 Å². The third-order valence-electron chi connectivity index (χ3n) is 5.53. The van der Waals surface area contributed by atoms with Crippen molar-refractivity contribution in [3.8, 4) is 0 Å². The molecule has 1 aliphatic carbocycles. The molecule has 0 spiro atoms. The van der Waals surface area contributed by atoms with Gasteiger partial charge in [0.15, 0.2) is 0 Å². The van der Waals surface area contributed by atoms with Crippen molar-refractivity contribution in [2.24, 2.45) is 0 Å². The van der Waals surface area contributed by atoms with Crippen LogP contribution in [0.15, 0.2) is 0 Å². The Morgan fingerprint density at radius 2 is 1.19 bits per heavy atom. The van der Waals surface area contributed by atoms with Crippen molar-refractivity contribution in [1.82, 2.24) is 0 Å². The summed E-state index contributed by atoms with van der Waals surface area (Å²) in [5, 5.41) is 0. The molecule has 0 bridgehead atoms. The van der Waals surface area contributed by atoms with Gasteiger partial charge in [-0.3, -0.25) is 0 Å². The van der Waals surface area contributed by atoms with E-state index in [0.29, 0.717) is 6.10 Å². The predicted octanol–water partition coefficient (Wildman–Crippen LogP) is 8.84. The first-order chi connectivity index (χ1) is 12.8. The second-order valence-electron chi connectivity index (χ2n) is 8.07. The average Bonchev–Trinajstić information content (AvgIpc) is 2.65. The summed E-state index contributed by atoms with van der Waals surface area (Å²) in [6.07, 6.45) is 26.7. The van der Waals surface area contributed by atoms with Gasteiger partial charge in [-0.15, -0.1) is 0 Å². The molecule has 1 aliphatic rings. The van der Waals surface area contributed by atoms with Gasteiger partial charge >= 0.3 is 0 Å². The molecule has 0 aromatic carbocycles. The summed E-state index contributed by atoms with van der Waals surface area (Å²) < 4.78 is 6.70. The van der Waals surface area contributed by atoms with Gasteiger partial charge in [-0.25, -0.2) is 0 Å². The van der Waals surface area contributed by atoms with Crippen LogP contribution in [0.25, 0.3) is 0 Å². The summed E-state index contributed by atoms with van der Waals surface area (Å²) in [5.74, 6) is 1.14. The van der Waals surface area contributed by atoms with Crippen molar-refractivity contribution in [2.75, 3.05) is 5.75 Å². The predicted molar refractivity (Wildman–Crippen MR) is 123 cm³/mol. The van der Waals surface area contributed by atoms with E-state index in [1.165, 1.54) is 122 Å². The first kappa shape index (κ1) is 24.3. The highest BCUT2D eigenvalue weighted by Gasteiger charge is 2.15. The largest absolute Gasteiger partial charge is 0.475 e. The zero-order valence-electron chi connectivity index (χ0n) is 17.4. The Kier molecular flexibility index (Phi) is 17.4. The second kappa shape index (κ2) is 18.6.